The van der Waals surface area contributed by atoms with Gasteiger partial charge in [-0.05, 0) is 81.7 Å². The van der Waals surface area contributed by atoms with E-state index in [1.165, 1.54) is 60.8 Å². The van der Waals surface area contributed by atoms with Crippen molar-refractivity contribution in [3.8, 4) is 50.5 Å². The lowest BCUT2D eigenvalue weighted by atomic mass is 9.73. The zero-order chi connectivity index (χ0) is 31.4. The van der Waals surface area contributed by atoms with E-state index in [4.69, 9.17) is 23.2 Å². The molecule has 0 radical (unpaired) electrons. The minimum atomic E-state index is -0.446. The third kappa shape index (κ3) is 3.57. The summed E-state index contributed by atoms with van der Waals surface area (Å²) < 4.78 is 2.45. The predicted octanol–water partition coefficient (Wildman–Crippen LogP) is 10.9. The van der Waals surface area contributed by atoms with Crippen LogP contribution in [0.4, 0.5) is 0 Å². The molecule has 1 unspecified atom stereocenters. The highest BCUT2D eigenvalue weighted by Gasteiger charge is 2.45. The van der Waals surface area contributed by atoms with Gasteiger partial charge in [-0.1, -0.05) is 109 Å². The number of aromatic nitrogens is 4. The number of hydrogen-bond acceptors (Lipinski definition) is 3. The third-order valence-electron chi connectivity index (χ3n) is 10.2. The van der Waals surface area contributed by atoms with Crippen molar-refractivity contribution in [1.82, 2.24) is 19.5 Å². The normalized spacial score (nSPS) is 15.6. The fraction of sp³-hybridized carbons (Fsp3) is 0.0488. The highest BCUT2D eigenvalue weighted by molar-refractivity contribution is 6.31. The first-order chi connectivity index (χ1) is 23.0. The lowest BCUT2D eigenvalue weighted by Crippen LogP contribution is -2.22. The number of fused-ring (bicyclic) bond motifs is 6. The van der Waals surface area contributed by atoms with E-state index in [0.29, 0.717) is 5.82 Å². The lowest BCUT2D eigenvalue weighted by molar-refractivity contribution is 0.714. The van der Waals surface area contributed by atoms with Crippen LogP contribution in [0.5, 0.6) is 0 Å². The van der Waals surface area contributed by atoms with Crippen molar-refractivity contribution in [2.45, 2.75) is 12.3 Å². The van der Waals surface area contributed by atoms with Gasteiger partial charge in [0.25, 0.3) is 0 Å². The highest BCUT2D eigenvalue weighted by atomic mass is 35.5. The molecule has 0 N–H and O–H groups in total. The number of para-hydroxylation sites is 2. The summed E-state index contributed by atoms with van der Waals surface area (Å²) in [6.07, 6.45) is 0. The van der Waals surface area contributed by atoms with E-state index in [1.54, 1.807) is 0 Å². The molecule has 6 aromatic carbocycles. The zero-order valence-electron chi connectivity index (χ0n) is 25.2. The third-order valence-corrected chi connectivity index (χ3v) is 10.5. The van der Waals surface area contributed by atoms with E-state index in [2.05, 4.69) is 154 Å². The number of hydrogen-bond donors (Lipinski definition) is 0. The van der Waals surface area contributed by atoms with Crippen LogP contribution in [0.1, 0.15) is 23.6 Å². The van der Waals surface area contributed by atoms with Gasteiger partial charge in [0, 0.05) is 38.4 Å². The molecule has 0 amide bonds. The summed E-state index contributed by atoms with van der Waals surface area (Å²) in [6, 6.07) is 46.0. The van der Waals surface area contributed by atoms with Crippen LogP contribution in [-0.4, -0.2) is 19.5 Å². The molecule has 2 aromatic heterocycles. The number of halogens is 2. The molecule has 4 nitrogen and oxygen atoms in total. The highest BCUT2D eigenvalue weighted by Crippen LogP contribution is 2.61. The van der Waals surface area contributed by atoms with Gasteiger partial charge < -0.3 is 4.57 Å². The minimum Gasteiger partial charge on any atom is -0.308 e. The minimum absolute atomic E-state index is 0.0669. The van der Waals surface area contributed by atoms with Gasteiger partial charge in [0.05, 0.1) is 16.7 Å². The molecule has 0 saturated heterocycles. The van der Waals surface area contributed by atoms with Crippen LogP contribution >= 0.6 is 23.2 Å². The standard InChI is InChI=1S/C41H24Cl2N4/c1-41(25-13-9-12-24(22-25)23-10-3-2-4-11-23)30-21-19-29(38-44-39(42)46-40(43)45-38)34-28-15-6-8-17-33(28)47-32-16-7-5-14-26(32)27-18-20-31(41)36(35(30)34)37(27)47/h2-22H,1H3. The predicted molar refractivity (Wildman–Crippen MR) is 191 cm³/mol. The maximum atomic E-state index is 6.38. The Morgan fingerprint density at radius 3 is 2.11 bits per heavy atom. The van der Waals surface area contributed by atoms with E-state index < -0.39 is 5.41 Å². The van der Waals surface area contributed by atoms with Gasteiger partial charge in [0.1, 0.15) is 0 Å². The molecule has 222 valence electrons. The Labute approximate surface area is 280 Å². The van der Waals surface area contributed by atoms with Crippen molar-refractivity contribution in [3.05, 3.63) is 155 Å². The molecule has 0 bridgehead atoms. The van der Waals surface area contributed by atoms with E-state index in [1.807, 2.05) is 0 Å². The first-order valence-corrected chi connectivity index (χ1v) is 16.4. The zero-order valence-corrected chi connectivity index (χ0v) is 26.7. The fourth-order valence-electron chi connectivity index (χ4n) is 8.15. The monoisotopic (exact) mass is 642 g/mol. The molecule has 6 heteroatoms. The summed E-state index contributed by atoms with van der Waals surface area (Å²) in [4.78, 5) is 13.2. The van der Waals surface area contributed by atoms with Crippen LogP contribution in [0, 0.1) is 0 Å². The maximum absolute atomic E-state index is 6.38. The van der Waals surface area contributed by atoms with Crippen molar-refractivity contribution in [2.75, 3.05) is 0 Å². The van der Waals surface area contributed by atoms with Crippen molar-refractivity contribution in [3.63, 3.8) is 0 Å². The Hall–Kier alpha value is -5.29. The van der Waals surface area contributed by atoms with Gasteiger partial charge in [-0.3, -0.25) is 0 Å². The van der Waals surface area contributed by atoms with E-state index in [0.717, 1.165) is 22.4 Å². The van der Waals surface area contributed by atoms with E-state index in [-0.39, 0.29) is 10.6 Å². The van der Waals surface area contributed by atoms with Gasteiger partial charge in [-0.25, -0.2) is 0 Å². The van der Waals surface area contributed by atoms with Gasteiger partial charge in [0.2, 0.25) is 10.6 Å². The summed E-state index contributed by atoms with van der Waals surface area (Å²) in [7, 11) is 0. The average molecular weight is 644 g/mol. The maximum Gasteiger partial charge on any atom is 0.227 e. The summed E-state index contributed by atoms with van der Waals surface area (Å²) >= 11 is 12.8. The SMILES string of the molecule is CC1(c2cccc(-c3ccccc3)c2)c2ccc(-c3nc(Cl)nc(Cl)n3)c3c2-c2c1ccc1c4ccccc4n(c21)-c1ccccc1-3. The summed E-state index contributed by atoms with van der Waals surface area (Å²) in [5.41, 5.74) is 14.6. The van der Waals surface area contributed by atoms with Gasteiger partial charge in [-0.2, -0.15) is 15.0 Å². The van der Waals surface area contributed by atoms with Crippen molar-refractivity contribution in [2.24, 2.45) is 0 Å². The molecule has 1 atom stereocenters. The molecular weight excluding hydrogens is 619 g/mol. The van der Waals surface area contributed by atoms with Crippen LogP contribution in [0.15, 0.2) is 127 Å². The molecule has 1 aliphatic heterocycles. The van der Waals surface area contributed by atoms with Crippen LogP contribution < -0.4 is 0 Å². The van der Waals surface area contributed by atoms with Crippen LogP contribution in [0.3, 0.4) is 0 Å². The van der Waals surface area contributed by atoms with Crippen LogP contribution in [0.2, 0.25) is 10.6 Å². The van der Waals surface area contributed by atoms with Gasteiger partial charge >= 0.3 is 0 Å². The second-order valence-electron chi connectivity index (χ2n) is 12.4. The smallest absolute Gasteiger partial charge is 0.227 e. The van der Waals surface area contributed by atoms with Crippen molar-refractivity contribution < 1.29 is 0 Å². The quantitative estimate of drug-likeness (QED) is 0.192. The van der Waals surface area contributed by atoms with Crippen molar-refractivity contribution in [1.29, 1.82) is 0 Å². The number of rotatable bonds is 3. The molecule has 0 spiro atoms. The Morgan fingerprint density at radius 2 is 1.26 bits per heavy atom. The molecule has 47 heavy (non-hydrogen) atoms. The molecule has 0 saturated carbocycles. The fourth-order valence-corrected chi connectivity index (χ4v) is 8.51. The first-order valence-electron chi connectivity index (χ1n) is 15.6. The Morgan fingerprint density at radius 1 is 0.553 bits per heavy atom. The Bertz CT molecular complexity index is 2600. The summed E-state index contributed by atoms with van der Waals surface area (Å²) in [5, 5.41) is 2.60. The van der Waals surface area contributed by atoms with E-state index in [9.17, 15) is 0 Å². The lowest BCUT2D eigenvalue weighted by Gasteiger charge is -2.30. The summed E-state index contributed by atoms with van der Waals surface area (Å²) in [6.45, 7) is 2.37. The molecule has 3 heterocycles. The summed E-state index contributed by atoms with van der Waals surface area (Å²) in [5.74, 6) is 0.451. The number of benzene rings is 6. The molecule has 8 aromatic rings. The molecule has 0 fully saturated rings. The topological polar surface area (TPSA) is 43.6 Å². The van der Waals surface area contributed by atoms with Crippen LogP contribution in [0.25, 0.3) is 72.3 Å². The van der Waals surface area contributed by atoms with E-state index >= 15 is 0 Å². The van der Waals surface area contributed by atoms with Gasteiger partial charge in [0.15, 0.2) is 5.82 Å². The number of nitrogens with zero attached hydrogens (tertiary/aromatic N) is 4. The Balaban J connectivity index is 1.40. The van der Waals surface area contributed by atoms with Crippen LogP contribution in [-0.2, 0) is 5.41 Å². The molecular formula is C41H24Cl2N4. The second-order valence-corrected chi connectivity index (χ2v) is 13.1. The van der Waals surface area contributed by atoms with Crippen molar-refractivity contribution >= 4 is 45.0 Å². The largest absolute Gasteiger partial charge is 0.308 e. The average Bonchev–Trinajstić information content (AvgIpc) is 3.53. The second kappa shape index (κ2) is 9.62. The molecule has 1 aliphatic carbocycles. The molecule has 10 rings (SSSR count). The first kappa shape index (κ1) is 26.9. The Kier molecular flexibility index (Phi) is 5.50. The van der Waals surface area contributed by atoms with Gasteiger partial charge in [-0.15, -0.1) is 0 Å². The molecule has 2 aliphatic rings.